The van der Waals surface area contributed by atoms with Gasteiger partial charge in [-0.15, -0.1) is 0 Å². The van der Waals surface area contributed by atoms with Crippen molar-refractivity contribution >= 4 is 11.7 Å². The Morgan fingerprint density at radius 2 is 1.60 bits per heavy atom. The average Bonchev–Trinajstić information content (AvgIpc) is 3.23. The predicted octanol–water partition coefficient (Wildman–Crippen LogP) is 5.96. The molecule has 3 aromatic rings. The van der Waals surface area contributed by atoms with Crippen molar-refractivity contribution in [1.82, 2.24) is 19.8 Å². The number of hydrogen-bond acceptors (Lipinski definition) is 6. The fourth-order valence-corrected chi connectivity index (χ4v) is 8.12. The number of rotatable bonds is 7. The molecule has 2 bridgehead atoms. The summed E-state index contributed by atoms with van der Waals surface area (Å²) >= 11 is 0. The van der Waals surface area contributed by atoms with E-state index >= 15 is 4.79 Å². The van der Waals surface area contributed by atoms with Crippen LogP contribution in [0.4, 0.5) is 0 Å². The molecular weight excluding hydrogens is 534 g/mol. The number of aromatic nitrogens is 2. The number of carbonyl (C=O) groups excluding carboxylic acids is 2. The molecule has 43 heavy (non-hydrogen) atoms. The van der Waals surface area contributed by atoms with Crippen LogP contribution in [0.15, 0.2) is 97.4 Å². The second-order valence-electron chi connectivity index (χ2n) is 12.9. The molecule has 0 N–H and O–H groups in total. The van der Waals surface area contributed by atoms with Gasteiger partial charge in [0.25, 0.3) is 5.91 Å². The number of nitriles is 1. The predicted molar refractivity (Wildman–Crippen MR) is 164 cm³/mol. The van der Waals surface area contributed by atoms with Crippen molar-refractivity contribution in [1.29, 1.82) is 5.26 Å². The molecule has 1 saturated heterocycles. The maximum atomic E-state index is 15.1. The summed E-state index contributed by atoms with van der Waals surface area (Å²) in [5.41, 5.74) is 2.69. The Bertz CT molecular complexity index is 1600. The number of fused-ring (bicyclic) bond motifs is 2. The standard InChI is InChI=1S/C36H37N5O2/c1-23(2)33-26(18-29-19-30(33)35(29,3)4)22-41-32(20-31(42)25-8-6-24(21-37)7-9-25)40(5)36(34(41)43,27-10-14-38-15-11-27)28-12-16-39-17-13-28/h6-17,20,26,29-30,33H,1,18-19,22H2,2-5H3. The molecule has 3 heterocycles. The lowest BCUT2D eigenvalue weighted by Gasteiger charge is -2.63. The van der Waals surface area contributed by atoms with E-state index < -0.39 is 5.54 Å². The summed E-state index contributed by atoms with van der Waals surface area (Å²) in [6.45, 7) is 11.8. The van der Waals surface area contributed by atoms with Crippen LogP contribution in [0.1, 0.15) is 60.7 Å². The molecule has 0 radical (unpaired) electrons. The van der Waals surface area contributed by atoms with E-state index in [0.29, 0.717) is 41.2 Å². The lowest BCUT2D eigenvalue weighted by molar-refractivity contribution is -0.139. The zero-order valence-corrected chi connectivity index (χ0v) is 25.2. The van der Waals surface area contributed by atoms with Crippen LogP contribution in [-0.2, 0) is 10.3 Å². The maximum Gasteiger partial charge on any atom is 0.263 e. The van der Waals surface area contributed by atoms with Gasteiger partial charge >= 0.3 is 0 Å². The fraction of sp³-hybridized carbons (Fsp3) is 0.361. The first-order valence-corrected chi connectivity index (χ1v) is 14.9. The Labute approximate surface area is 253 Å². The molecule has 0 spiro atoms. The Hall–Kier alpha value is -4.57. The van der Waals surface area contributed by atoms with Gasteiger partial charge < -0.3 is 4.90 Å². The van der Waals surface area contributed by atoms with Crippen molar-refractivity contribution < 1.29 is 9.59 Å². The second kappa shape index (κ2) is 10.6. The van der Waals surface area contributed by atoms with Crippen molar-refractivity contribution in [3.8, 4) is 6.07 Å². The van der Waals surface area contributed by atoms with E-state index in [0.717, 1.165) is 23.1 Å². The summed E-state index contributed by atoms with van der Waals surface area (Å²) in [5.74, 6) is 1.87. The number of benzene rings is 1. The van der Waals surface area contributed by atoms with Gasteiger partial charge in [-0.2, -0.15) is 5.26 Å². The van der Waals surface area contributed by atoms with E-state index in [1.165, 1.54) is 6.42 Å². The number of allylic oxidation sites excluding steroid dienone is 2. The van der Waals surface area contributed by atoms with Crippen LogP contribution in [0.2, 0.25) is 0 Å². The third kappa shape index (κ3) is 4.39. The molecule has 1 amide bonds. The van der Waals surface area contributed by atoms with Crippen molar-refractivity contribution in [2.45, 2.75) is 39.2 Å². The normalized spacial score (nSPS) is 26.1. The molecule has 7 rings (SSSR count). The summed E-state index contributed by atoms with van der Waals surface area (Å²) in [4.78, 5) is 41.0. The molecule has 7 heteroatoms. The van der Waals surface area contributed by atoms with Gasteiger partial charge in [0.05, 0.1) is 11.6 Å². The van der Waals surface area contributed by atoms with Crippen LogP contribution in [0.3, 0.4) is 0 Å². The van der Waals surface area contributed by atoms with Crippen LogP contribution in [0, 0.1) is 40.4 Å². The summed E-state index contributed by atoms with van der Waals surface area (Å²) in [6, 6.07) is 16.2. The van der Waals surface area contributed by atoms with Gasteiger partial charge in [-0.25, -0.2) is 0 Å². The molecule has 3 aliphatic carbocycles. The average molecular weight is 572 g/mol. The highest BCUT2D eigenvalue weighted by molar-refractivity contribution is 6.06. The first-order chi connectivity index (χ1) is 20.6. The Kier molecular flexibility index (Phi) is 7.04. The van der Waals surface area contributed by atoms with Crippen LogP contribution < -0.4 is 0 Å². The molecule has 7 nitrogen and oxygen atoms in total. The molecule has 2 aromatic heterocycles. The lowest BCUT2D eigenvalue weighted by Crippen LogP contribution is -2.57. The molecule has 1 aromatic carbocycles. The van der Waals surface area contributed by atoms with Gasteiger partial charge in [-0.3, -0.25) is 24.5 Å². The van der Waals surface area contributed by atoms with Gasteiger partial charge in [0.15, 0.2) is 11.3 Å². The van der Waals surface area contributed by atoms with E-state index in [-0.39, 0.29) is 23.0 Å². The Balaban J connectivity index is 1.48. The van der Waals surface area contributed by atoms with E-state index in [9.17, 15) is 10.1 Å². The molecule has 1 aliphatic heterocycles. The van der Waals surface area contributed by atoms with E-state index in [1.54, 1.807) is 55.1 Å². The minimum atomic E-state index is -1.21. The zero-order valence-electron chi connectivity index (χ0n) is 25.2. The summed E-state index contributed by atoms with van der Waals surface area (Å²) in [5, 5.41) is 9.23. The number of hydrogen-bond donors (Lipinski definition) is 0. The highest BCUT2D eigenvalue weighted by Gasteiger charge is 2.60. The van der Waals surface area contributed by atoms with Crippen LogP contribution in [-0.4, -0.2) is 45.1 Å². The summed E-state index contributed by atoms with van der Waals surface area (Å²) in [7, 11) is 1.88. The molecule has 218 valence electrons. The molecule has 4 fully saturated rings. The molecule has 4 atom stereocenters. The monoisotopic (exact) mass is 571 g/mol. The van der Waals surface area contributed by atoms with Gasteiger partial charge in [0.2, 0.25) is 0 Å². The van der Waals surface area contributed by atoms with Crippen LogP contribution in [0.5, 0.6) is 0 Å². The first kappa shape index (κ1) is 28.5. The van der Waals surface area contributed by atoms with E-state index in [4.69, 9.17) is 0 Å². The molecule has 4 unspecified atom stereocenters. The van der Waals surface area contributed by atoms with Gasteiger partial charge in [-0.05, 0) is 109 Å². The SMILES string of the molecule is C=C(C)C1C(CN2C(=O)C(c3ccncc3)(c3ccncc3)N(C)C2=CC(=O)c2ccc(C#N)cc2)CC2CC1C2(C)C. The second-order valence-corrected chi connectivity index (χ2v) is 12.9. The largest absolute Gasteiger partial charge is 0.339 e. The molecule has 4 aliphatic rings. The first-order valence-electron chi connectivity index (χ1n) is 14.9. The van der Waals surface area contributed by atoms with Gasteiger partial charge in [0.1, 0.15) is 5.82 Å². The molecular formula is C36H37N5O2. The lowest BCUT2D eigenvalue weighted by atomic mass is 9.42. The van der Waals surface area contributed by atoms with Gasteiger partial charge in [-0.1, -0.05) is 26.0 Å². The van der Waals surface area contributed by atoms with Crippen molar-refractivity contribution in [3.63, 3.8) is 0 Å². The zero-order chi connectivity index (χ0) is 30.5. The third-order valence-electron chi connectivity index (χ3n) is 10.5. The quantitative estimate of drug-likeness (QED) is 0.197. The van der Waals surface area contributed by atoms with E-state index in [1.807, 2.05) is 41.1 Å². The summed E-state index contributed by atoms with van der Waals surface area (Å²) < 4.78 is 0. The Morgan fingerprint density at radius 3 is 2.12 bits per heavy atom. The van der Waals surface area contributed by atoms with Crippen LogP contribution >= 0.6 is 0 Å². The van der Waals surface area contributed by atoms with Gasteiger partial charge in [0, 0.05) is 50.0 Å². The maximum absolute atomic E-state index is 15.1. The summed E-state index contributed by atoms with van der Waals surface area (Å²) in [6.07, 6.45) is 10.6. The number of ketones is 1. The van der Waals surface area contributed by atoms with Crippen molar-refractivity contribution in [2.75, 3.05) is 13.6 Å². The van der Waals surface area contributed by atoms with Crippen molar-refractivity contribution in [2.24, 2.45) is 29.1 Å². The number of carbonyl (C=O) groups is 2. The number of amides is 1. The van der Waals surface area contributed by atoms with Crippen LogP contribution in [0.25, 0.3) is 0 Å². The topological polar surface area (TPSA) is 90.2 Å². The van der Waals surface area contributed by atoms with E-state index in [2.05, 4.69) is 43.4 Å². The third-order valence-corrected chi connectivity index (χ3v) is 10.5. The number of pyridine rings is 2. The highest BCUT2D eigenvalue weighted by atomic mass is 16.2. The molecule has 3 saturated carbocycles. The smallest absolute Gasteiger partial charge is 0.263 e. The number of likely N-dealkylation sites (N-methyl/N-ethyl adjacent to an activating group) is 1. The minimum Gasteiger partial charge on any atom is -0.339 e. The highest BCUT2D eigenvalue weighted by Crippen LogP contribution is 2.64. The number of nitrogens with zero attached hydrogens (tertiary/aromatic N) is 5. The van der Waals surface area contributed by atoms with Crippen molar-refractivity contribution in [3.05, 3.63) is 120 Å². The fourth-order valence-electron chi connectivity index (χ4n) is 8.12. The minimum absolute atomic E-state index is 0.106. The Morgan fingerprint density at radius 1 is 1.02 bits per heavy atom.